The molecule has 1 aromatic heterocycles. The van der Waals surface area contributed by atoms with Gasteiger partial charge in [-0.15, -0.1) is 0 Å². The quantitative estimate of drug-likeness (QED) is 0.852. The average Bonchev–Trinajstić information content (AvgIpc) is 2.59. The van der Waals surface area contributed by atoms with E-state index in [-0.39, 0.29) is 0 Å². The Morgan fingerprint density at radius 1 is 1.29 bits per heavy atom. The SMILES string of the molecule is CCc1nn(C)c(Nc2ccc(C)cc2)c1N. The predicted octanol–water partition coefficient (Wildman–Crippen LogP) is 2.62. The molecule has 0 aliphatic carbocycles. The molecule has 1 heterocycles. The molecule has 0 atom stereocenters. The summed E-state index contributed by atoms with van der Waals surface area (Å²) in [4.78, 5) is 0. The zero-order valence-corrected chi connectivity index (χ0v) is 10.5. The summed E-state index contributed by atoms with van der Waals surface area (Å²) in [6, 6.07) is 8.20. The van der Waals surface area contributed by atoms with Crippen molar-refractivity contribution in [1.29, 1.82) is 0 Å². The van der Waals surface area contributed by atoms with Crippen LogP contribution >= 0.6 is 0 Å². The number of nitrogen functional groups attached to an aromatic ring is 1. The van der Waals surface area contributed by atoms with Crippen LogP contribution in [0.5, 0.6) is 0 Å². The molecule has 90 valence electrons. The van der Waals surface area contributed by atoms with Gasteiger partial charge in [-0.25, -0.2) is 0 Å². The van der Waals surface area contributed by atoms with Crippen molar-refractivity contribution < 1.29 is 0 Å². The van der Waals surface area contributed by atoms with Gasteiger partial charge in [-0.2, -0.15) is 5.10 Å². The molecule has 2 aromatic rings. The van der Waals surface area contributed by atoms with E-state index in [4.69, 9.17) is 5.73 Å². The Labute approximate surface area is 101 Å². The predicted molar refractivity (Wildman–Crippen MR) is 71.5 cm³/mol. The number of hydrogen-bond donors (Lipinski definition) is 2. The van der Waals surface area contributed by atoms with Crippen molar-refractivity contribution in [2.24, 2.45) is 7.05 Å². The summed E-state index contributed by atoms with van der Waals surface area (Å²) in [5.41, 5.74) is 9.97. The highest BCUT2D eigenvalue weighted by atomic mass is 15.3. The van der Waals surface area contributed by atoms with E-state index in [2.05, 4.69) is 29.5 Å². The van der Waals surface area contributed by atoms with E-state index in [0.29, 0.717) is 0 Å². The number of aromatic nitrogens is 2. The summed E-state index contributed by atoms with van der Waals surface area (Å²) < 4.78 is 1.79. The van der Waals surface area contributed by atoms with E-state index in [0.717, 1.165) is 29.3 Å². The van der Waals surface area contributed by atoms with Crippen molar-refractivity contribution in [3.8, 4) is 0 Å². The third-order valence-corrected chi connectivity index (χ3v) is 2.81. The first-order valence-corrected chi connectivity index (χ1v) is 5.77. The molecule has 3 N–H and O–H groups in total. The first-order chi connectivity index (χ1) is 8.11. The van der Waals surface area contributed by atoms with Crippen LogP contribution in [0.15, 0.2) is 24.3 Å². The number of nitrogens with two attached hydrogens (primary N) is 1. The first-order valence-electron chi connectivity index (χ1n) is 5.77. The van der Waals surface area contributed by atoms with Crippen LogP contribution < -0.4 is 11.1 Å². The van der Waals surface area contributed by atoms with E-state index in [1.54, 1.807) is 4.68 Å². The highest BCUT2D eigenvalue weighted by Gasteiger charge is 2.11. The maximum absolute atomic E-state index is 6.05. The lowest BCUT2D eigenvalue weighted by molar-refractivity contribution is 0.753. The van der Waals surface area contributed by atoms with Gasteiger partial charge in [0.1, 0.15) is 0 Å². The van der Waals surface area contributed by atoms with Crippen LogP contribution in [0.1, 0.15) is 18.2 Å². The fraction of sp³-hybridized carbons (Fsp3) is 0.308. The molecule has 2 rings (SSSR count). The molecule has 0 spiro atoms. The summed E-state index contributed by atoms with van der Waals surface area (Å²) in [6.45, 7) is 4.12. The van der Waals surface area contributed by atoms with Crippen LogP contribution in [0.3, 0.4) is 0 Å². The van der Waals surface area contributed by atoms with Gasteiger partial charge in [-0.05, 0) is 25.5 Å². The van der Waals surface area contributed by atoms with Gasteiger partial charge in [0.05, 0.1) is 11.4 Å². The van der Waals surface area contributed by atoms with E-state index >= 15 is 0 Å². The maximum atomic E-state index is 6.05. The van der Waals surface area contributed by atoms with Gasteiger partial charge in [0.15, 0.2) is 5.82 Å². The lowest BCUT2D eigenvalue weighted by Gasteiger charge is -2.07. The molecule has 0 unspecified atom stereocenters. The summed E-state index contributed by atoms with van der Waals surface area (Å²) >= 11 is 0. The number of rotatable bonds is 3. The summed E-state index contributed by atoms with van der Waals surface area (Å²) in [5.74, 6) is 0.853. The van der Waals surface area contributed by atoms with Gasteiger partial charge in [0.2, 0.25) is 0 Å². The second kappa shape index (κ2) is 4.49. The highest BCUT2D eigenvalue weighted by Crippen LogP contribution is 2.25. The lowest BCUT2D eigenvalue weighted by Crippen LogP contribution is -2.01. The molecule has 0 radical (unpaired) electrons. The topological polar surface area (TPSA) is 55.9 Å². The average molecular weight is 230 g/mol. The van der Waals surface area contributed by atoms with Gasteiger partial charge >= 0.3 is 0 Å². The van der Waals surface area contributed by atoms with Gasteiger partial charge < -0.3 is 11.1 Å². The zero-order chi connectivity index (χ0) is 12.4. The Balaban J connectivity index is 2.29. The third-order valence-electron chi connectivity index (χ3n) is 2.81. The monoisotopic (exact) mass is 230 g/mol. The third kappa shape index (κ3) is 2.25. The fourth-order valence-corrected chi connectivity index (χ4v) is 1.78. The van der Waals surface area contributed by atoms with Gasteiger partial charge in [-0.3, -0.25) is 4.68 Å². The van der Waals surface area contributed by atoms with Crippen LogP contribution in [0.2, 0.25) is 0 Å². The molecule has 4 heteroatoms. The van der Waals surface area contributed by atoms with E-state index < -0.39 is 0 Å². The molecular weight excluding hydrogens is 212 g/mol. The molecule has 0 saturated carbocycles. The first kappa shape index (κ1) is 11.5. The molecule has 4 nitrogen and oxygen atoms in total. The van der Waals surface area contributed by atoms with E-state index in [9.17, 15) is 0 Å². The highest BCUT2D eigenvalue weighted by molar-refractivity contribution is 5.71. The lowest BCUT2D eigenvalue weighted by atomic mass is 10.2. The zero-order valence-electron chi connectivity index (χ0n) is 10.5. The van der Waals surface area contributed by atoms with Crippen LogP contribution in [-0.2, 0) is 13.5 Å². The van der Waals surface area contributed by atoms with Gasteiger partial charge in [0.25, 0.3) is 0 Å². The molecule has 0 fully saturated rings. The van der Waals surface area contributed by atoms with Crippen molar-refractivity contribution in [3.05, 3.63) is 35.5 Å². The van der Waals surface area contributed by atoms with Crippen LogP contribution in [0, 0.1) is 6.92 Å². The van der Waals surface area contributed by atoms with Crippen molar-refractivity contribution in [3.63, 3.8) is 0 Å². The minimum absolute atomic E-state index is 0.732. The molecule has 17 heavy (non-hydrogen) atoms. The van der Waals surface area contributed by atoms with Crippen molar-refractivity contribution in [2.75, 3.05) is 11.1 Å². The summed E-state index contributed by atoms with van der Waals surface area (Å²) in [7, 11) is 1.89. The number of nitrogens with one attached hydrogen (secondary N) is 1. The Morgan fingerprint density at radius 2 is 1.94 bits per heavy atom. The van der Waals surface area contributed by atoms with Crippen molar-refractivity contribution in [2.45, 2.75) is 20.3 Å². The number of hydrogen-bond acceptors (Lipinski definition) is 3. The number of anilines is 3. The molecular formula is C13H18N4. The Morgan fingerprint density at radius 3 is 2.47 bits per heavy atom. The van der Waals surface area contributed by atoms with Crippen LogP contribution in [0.4, 0.5) is 17.2 Å². The Bertz CT molecular complexity index is 511. The molecule has 0 aliphatic heterocycles. The van der Waals surface area contributed by atoms with Gasteiger partial charge in [0, 0.05) is 12.7 Å². The van der Waals surface area contributed by atoms with Crippen LogP contribution in [0.25, 0.3) is 0 Å². The van der Waals surface area contributed by atoms with Crippen LogP contribution in [-0.4, -0.2) is 9.78 Å². The minimum atomic E-state index is 0.732. The van der Waals surface area contributed by atoms with Crippen molar-refractivity contribution >= 4 is 17.2 Å². The fourth-order valence-electron chi connectivity index (χ4n) is 1.78. The summed E-state index contributed by atoms with van der Waals surface area (Å²) in [6.07, 6.45) is 0.843. The molecule has 0 saturated heterocycles. The Kier molecular flexibility index (Phi) is 3.04. The number of aryl methyl sites for hydroxylation is 3. The van der Waals surface area contributed by atoms with E-state index in [1.165, 1.54) is 5.56 Å². The number of benzene rings is 1. The smallest absolute Gasteiger partial charge is 0.152 e. The standard InChI is InChI=1S/C13H18N4/c1-4-11-12(14)13(17(3)16-11)15-10-7-5-9(2)6-8-10/h5-8,15H,4,14H2,1-3H3. The molecule has 0 aliphatic rings. The maximum Gasteiger partial charge on any atom is 0.152 e. The molecule has 1 aromatic carbocycles. The summed E-state index contributed by atoms with van der Waals surface area (Å²) in [5, 5.41) is 7.67. The number of nitrogens with zero attached hydrogens (tertiary/aromatic N) is 2. The van der Waals surface area contributed by atoms with Crippen molar-refractivity contribution in [1.82, 2.24) is 9.78 Å². The second-order valence-electron chi connectivity index (χ2n) is 4.18. The minimum Gasteiger partial charge on any atom is -0.394 e. The molecule has 0 bridgehead atoms. The second-order valence-corrected chi connectivity index (χ2v) is 4.18. The normalized spacial score (nSPS) is 10.5. The largest absolute Gasteiger partial charge is 0.394 e. The van der Waals surface area contributed by atoms with E-state index in [1.807, 2.05) is 26.1 Å². The molecule has 0 amide bonds. The Hall–Kier alpha value is -1.97. The van der Waals surface area contributed by atoms with Gasteiger partial charge in [-0.1, -0.05) is 24.6 Å².